The van der Waals surface area contributed by atoms with Gasteiger partial charge in [0.05, 0.1) is 5.41 Å². The molecular formula is C15H26N2O4. The number of carbonyl (C=O) groups excluding carboxylic acids is 1. The average molecular weight is 298 g/mol. The highest BCUT2D eigenvalue weighted by molar-refractivity contribution is 5.78. The third-order valence-electron chi connectivity index (χ3n) is 4.83. The van der Waals surface area contributed by atoms with Crippen molar-refractivity contribution in [3.05, 3.63) is 0 Å². The van der Waals surface area contributed by atoms with Gasteiger partial charge in [-0.1, -0.05) is 6.92 Å². The molecule has 0 spiro atoms. The van der Waals surface area contributed by atoms with Gasteiger partial charge < -0.3 is 20.5 Å². The predicted octanol–water partition coefficient (Wildman–Crippen LogP) is 1.75. The normalized spacial score (nSPS) is 30.6. The van der Waals surface area contributed by atoms with E-state index in [2.05, 4.69) is 17.6 Å². The molecule has 2 amide bonds. The maximum atomic E-state index is 11.9. The average Bonchev–Trinajstić information content (AvgIpc) is 2.48. The van der Waals surface area contributed by atoms with Crippen molar-refractivity contribution in [2.45, 2.75) is 51.5 Å². The van der Waals surface area contributed by atoms with E-state index in [1.165, 1.54) is 0 Å². The SMILES string of the molecule is CC1CCC(CNC(=O)NC2CCOCC2)(C(=O)O)CC1. The van der Waals surface area contributed by atoms with Crippen LogP contribution in [0.15, 0.2) is 0 Å². The van der Waals surface area contributed by atoms with Gasteiger partial charge in [0.2, 0.25) is 0 Å². The monoisotopic (exact) mass is 298 g/mol. The summed E-state index contributed by atoms with van der Waals surface area (Å²) in [5, 5.41) is 15.2. The highest BCUT2D eigenvalue weighted by atomic mass is 16.5. The summed E-state index contributed by atoms with van der Waals surface area (Å²) >= 11 is 0. The zero-order valence-corrected chi connectivity index (χ0v) is 12.7. The number of carboxylic acids is 1. The number of hydrogen-bond acceptors (Lipinski definition) is 3. The van der Waals surface area contributed by atoms with Crippen molar-refractivity contribution in [1.29, 1.82) is 0 Å². The van der Waals surface area contributed by atoms with Crippen LogP contribution in [0.25, 0.3) is 0 Å². The molecule has 21 heavy (non-hydrogen) atoms. The van der Waals surface area contributed by atoms with Crippen LogP contribution < -0.4 is 10.6 Å². The molecule has 6 nitrogen and oxygen atoms in total. The molecule has 1 saturated heterocycles. The van der Waals surface area contributed by atoms with Gasteiger partial charge in [0.15, 0.2) is 0 Å². The van der Waals surface area contributed by atoms with E-state index in [0.717, 1.165) is 25.7 Å². The van der Waals surface area contributed by atoms with Crippen LogP contribution in [0.5, 0.6) is 0 Å². The van der Waals surface area contributed by atoms with Crippen molar-refractivity contribution in [2.24, 2.45) is 11.3 Å². The van der Waals surface area contributed by atoms with Crippen LogP contribution in [-0.2, 0) is 9.53 Å². The molecule has 0 atom stereocenters. The first-order chi connectivity index (χ1) is 10.0. The van der Waals surface area contributed by atoms with Gasteiger partial charge >= 0.3 is 12.0 Å². The number of aliphatic carboxylic acids is 1. The second kappa shape index (κ2) is 7.11. The van der Waals surface area contributed by atoms with Crippen LogP contribution >= 0.6 is 0 Å². The van der Waals surface area contributed by atoms with E-state index in [1.807, 2.05) is 0 Å². The van der Waals surface area contributed by atoms with E-state index in [9.17, 15) is 14.7 Å². The van der Waals surface area contributed by atoms with Crippen LogP contribution in [0, 0.1) is 11.3 Å². The first-order valence-electron chi connectivity index (χ1n) is 7.87. The molecule has 0 aromatic heterocycles. The minimum Gasteiger partial charge on any atom is -0.481 e. The molecule has 0 bridgehead atoms. The number of carbonyl (C=O) groups is 2. The van der Waals surface area contributed by atoms with E-state index in [1.54, 1.807) is 0 Å². The minimum atomic E-state index is -0.792. The third kappa shape index (κ3) is 4.33. The molecule has 120 valence electrons. The standard InChI is InChI=1S/C15H26N2O4/c1-11-2-6-15(7-3-11,13(18)19)10-16-14(20)17-12-4-8-21-9-5-12/h11-12H,2-10H2,1H3,(H,18,19)(H2,16,17,20). The number of ether oxygens (including phenoxy) is 1. The summed E-state index contributed by atoms with van der Waals surface area (Å²) < 4.78 is 5.24. The van der Waals surface area contributed by atoms with Gasteiger partial charge in [0.25, 0.3) is 0 Å². The molecule has 0 aromatic rings. The summed E-state index contributed by atoms with van der Waals surface area (Å²) in [6, 6.07) is -0.132. The highest BCUT2D eigenvalue weighted by Gasteiger charge is 2.41. The number of amides is 2. The molecule has 1 saturated carbocycles. The van der Waals surface area contributed by atoms with Crippen LogP contribution in [-0.4, -0.2) is 42.9 Å². The third-order valence-corrected chi connectivity index (χ3v) is 4.83. The van der Waals surface area contributed by atoms with Gasteiger partial charge in [-0.25, -0.2) is 4.79 Å². The lowest BCUT2D eigenvalue weighted by atomic mass is 9.71. The van der Waals surface area contributed by atoms with Crippen molar-refractivity contribution in [2.75, 3.05) is 19.8 Å². The summed E-state index contributed by atoms with van der Waals surface area (Å²) in [7, 11) is 0. The quantitative estimate of drug-likeness (QED) is 0.738. The Morgan fingerprint density at radius 3 is 2.38 bits per heavy atom. The summed E-state index contributed by atoms with van der Waals surface area (Å²) in [4.78, 5) is 23.5. The van der Waals surface area contributed by atoms with E-state index in [4.69, 9.17) is 4.74 Å². The Hall–Kier alpha value is -1.30. The Kier molecular flexibility index (Phi) is 5.45. The van der Waals surface area contributed by atoms with Gasteiger partial charge in [0, 0.05) is 25.8 Å². The van der Waals surface area contributed by atoms with Crippen LogP contribution in [0.3, 0.4) is 0 Å². The van der Waals surface area contributed by atoms with Gasteiger partial charge in [-0.3, -0.25) is 4.79 Å². The molecule has 0 unspecified atom stereocenters. The van der Waals surface area contributed by atoms with Crippen LogP contribution in [0.4, 0.5) is 4.79 Å². The van der Waals surface area contributed by atoms with E-state index in [-0.39, 0.29) is 18.6 Å². The Bertz CT molecular complexity index is 372. The topological polar surface area (TPSA) is 87.7 Å². The van der Waals surface area contributed by atoms with E-state index >= 15 is 0 Å². The fourth-order valence-corrected chi connectivity index (χ4v) is 3.11. The van der Waals surface area contributed by atoms with Crippen molar-refractivity contribution in [1.82, 2.24) is 10.6 Å². The van der Waals surface area contributed by atoms with Gasteiger partial charge in [-0.2, -0.15) is 0 Å². The first-order valence-corrected chi connectivity index (χ1v) is 7.87. The lowest BCUT2D eigenvalue weighted by Crippen LogP contribution is -2.50. The van der Waals surface area contributed by atoms with Gasteiger partial charge in [-0.15, -0.1) is 0 Å². The Morgan fingerprint density at radius 1 is 1.19 bits per heavy atom. The van der Waals surface area contributed by atoms with Crippen LogP contribution in [0.1, 0.15) is 45.4 Å². The fourth-order valence-electron chi connectivity index (χ4n) is 3.11. The zero-order valence-electron chi connectivity index (χ0n) is 12.7. The zero-order chi connectivity index (χ0) is 15.3. The molecule has 2 aliphatic rings. The number of nitrogens with one attached hydrogen (secondary N) is 2. The van der Waals surface area contributed by atoms with Gasteiger partial charge in [0.1, 0.15) is 0 Å². The molecule has 6 heteroatoms. The largest absolute Gasteiger partial charge is 0.481 e. The van der Waals surface area contributed by atoms with Crippen molar-refractivity contribution in [3.63, 3.8) is 0 Å². The smallest absolute Gasteiger partial charge is 0.315 e. The summed E-state index contributed by atoms with van der Waals surface area (Å²) in [6.45, 7) is 3.70. The molecule has 2 rings (SSSR count). The Morgan fingerprint density at radius 2 is 1.81 bits per heavy atom. The molecule has 3 N–H and O–H groups in total. The number of hydrogen-bond donors (Lipinski definition) is 3. The fraction of sp³-hybridized carbons (Fsp3) is 0.867. The molecule has 0 aromatic carbocycles. The van der Waals surface area contributed by atoms with Gasteiger partial charge in [-0.05, 0) is 44.4 Å². The lowest BCUT2D eigenvalue weighted by Gasteiger charge is -2.36. The number of rotatable bonds is 4. The molecule has 1 heterocycles. The molecule has 1 aliphatic carbocycles. The summed E-state index contributed by atoms with van der Waals surface area (Å²) in [5.74, 6) is -0.214. The summed E-state index contributed by atoms with van der Waals surface area (Å²) in [6.07, 6.45) is 4.73. The maximum Gasteiger partial charge on any atom is 0.315 e. The Balaban J connectivity index is 1.81. The highest BCUT2D eigenvalue weighted by Crippen LogP contribution is 2.38. The van der Waals surface area contributed by atoms with Crippen LogP contribution in [0.2, 0.25) is 0 Å². The lowest BCUT2D eigenvalue weighted by molar-refractivity contribution is -0.151. The molecule has 0 radical (unpaired) electrons. The number of carboxylic acid groups (broad SMARTS) is 1. The second-order valence-electron chi connectivity index (χ2n) is 6.48. The molecule has 1 aliphatic heterocycles. The second-order valence-corrected chi connectivity index (χ2v) is 6.48. The first kappa shape index (κ1) is 16.1. The Labute approximate surface area is 125 Å². The number of urea groups is 1. The van der Waals surface area contributed by atoms with E-state index in [0.29, 0.717) is 32.0 Å². The van der Waals surface area contributed by atoms with Crippen molar-refractivity contribution < 1.29 is 19.4 Å². The molecule has 2 fully saturated rings. The van der Waals surface area contributed by atoms with E-state index < -0.39 is 11.4 Å². The predicted molar refractivity (Wildman–Crippen MR) is 78.1 cm³/mol. The van der Waals surface area contributed by atoms with Crippen molar-refractivity contribution in [3.8, 4) is 0 Å². The summed E-state index contributed by atoms with van der Waals surface area (Å²) in [5.41, 5.74) is -0.792. The molecular weight excluding hydrogens is 272 g/mol. The minimum absolute atomic E-state index is 0.130. The van der Waals surface area contributed by atoms with Crippen molar-refractivity contribution >= 4 is 12.0 Å². The maximum absolute atomic E-state index is 11.9.